The third-order valence-electron chi connectivity index (χ3n) is 7.02. The summed E-state index contributed by atoms with van der Waals surface area (Å²) in [6, 6.07) is 21.9. The normalized spacial score (nSPS) is 20.8. The Bertz CT molecular complexity index is 1350. The number of anilines is 1. The molecule has 0 aliphatic carbocycles. The number of morpholine rings is 1. The Morgan fingerprint density at radius 2 is 1.62 bits per heavy atom. The van der Waals surface area contributed by atoms with Gasteiger partial charge in [0.1, 0.15) is 11.9 Å². The lowest BCUT2D eigenvalue weighted by molar-refractivity contribution is -0.142. The average Bonchev–Trinajstić information content (AvgIpc) is 2.96. The van der Waals surface area contributed by atoms with E-state index in [0.717, 1.165) is 11.1 Å². The summed E-state index contributed by atoms with van der Waals surface area (Å²) in [5.41, 5.74) is 3.18. The number of carbonyl (C=O) groups is 3. The Labute approximate surface area is 214 Å². The predicted octanol–water partition coefficient (Wildman–Crippen LogP) is 3.41. The third-order valence-corrected chi connectivity index (χ3v) is 7.02. The van der Waals surface area contributed by atoms with E-state index in [0.29, 0.717) is 55.3 Å². The monoisotopic (exact) mass is 498 g/mol. The number of rotatable bonds is 3. The molecule has 3 heterocycles. The van der Waals surface area contributed by atoms with Crippen LogP contribution in [-0.4, -0.2) is 61.6 Å². The van der Waals surface area contributed by atoms with Crippen LogP contribution < -0.4 is 9.64 Å². The van der Waals surface area contributed by atoms with Gasteiger partial charge in [-0.2, -0.15) is 0 Å². The van der Waals surface area contributed by atoms with Gasteiger partial charge in [-0.25, -0.2) is 4.79 Å². The molecule has 0 unspecified atom stereocenters. The molecule has 188 valence electrons. The number of hydrogen-bond acceptors (Lipinski definition) is 6. The molecule has 8 nitrogen and oxygen atoms in total. The molecule has 0 spiro atoms. The van der Waals surface area contributed by atoms with Gasteiger partial charge in [-0.1, -0.05) is 42.5 Å². The summed E-state index contributed by atoms with van der Waals surface area (Å²) in [4.78, 5) is 43.1. The molecule has 3 aromatic carbocycles. The number of esters is 1. The number of fused-ring (bicyclic) bond motifs is 2. The molecule has 1 fully saturated rings. The van der Waals surface area contributed by atoms with Crippen LogP contribution in [0.4, 0.5) is 5.69 Å². The second-order valence-electron chi connectivity index (χ2n) is 9.31. The number of nitrogens with zero attached hydrogens (tertiary/aromatic N) is 2. The summed E-state index contributed by atoms with van der Waals surface area (Å²) in [5.74, 6) is -0.329. The third kappa shape index (κ3) is 4.44. The number of ether oxygens (including phenoxy) is 3. The topological polar surface area (TPSA) is 85.4 Å². The summed E-state index contributed by atoms with van der Waals surface area (Å²) in [6.45, 7) is 2.06. The van der Waals surface area contributed by atoms with Gasteiger partial charge in [0.25, 0.3) is 11.8 Å². The van der Waals surface area contributed by atoms with E-state index in [1.54, 1.807) is 34.1 Å². The van der Waals surface area contributed by atoms with E-state index in [2.05, 4.69) is 0 Å². The predicted molar refractivity (Wildman–Crippen MR) is 135 cm³/mol. The van der Waals surface area contributed by atoms with Crippen LogP contribution in [0.3, 0.4) is 0 Å². The van der Waals surface area contributed by atoms with Crippen molar-refractivity contribution in [3.63, 3.8) is 0 Å². The lowest BCUT2D eigenvalue weighted by Gasteiger charge is -2.37. The molecule has 8 heteroatoms. The molecule has 0 N–H and O–H groups in total. The lowest BCUT2D eigenvalue weighted by Crippen LogP contribution is -2.54. The fourth-order valence-electron chi connectivity index (χ4n) is 5.08. The first-order valence-electron chi connectivity index (χ1n) is 12.4. The number of cyclic esters (lactones) is 1. The minimum atomic E-state index is -0.813. The van der Waals surface area contributed by atoms with Gasteiger partial charge in [0.05, 0.1) is 31.0 Å². The van der Waals surface area contributed by atoms with Crippen LogP contribution in [0, 0.1) is 0 Å². The van der Waals surface area contributed by atoms with E-state index in [1.165, 1.54) is 0 Å². The summed E-state index contributed by atoms with van der Waals surface area (Å²) < 4.78 is 17.1. The molecule has 3 aliphatic rings. The minimum Gasteiger partial charge on any atom is -0.476 e. The standard InChI is InChI=1S/C29H26N2O6/c32-27(20-10-11-22-21(16-20)17-25(37-29(22)34)19-6-2-1-3-7-19)31-18-26(28(33)30-12-14-35-15-13-30)36-24-9-5-4-8-23(24)31/h1-11,16,25-26H,12-15,17-18H2/t25-,26+/m1/s1. The van der Waals surface area contributed by atoms with Gasteiger partial charge in [-0.05, 0) is 41.5 Å². The molecule has 6 rings (SSSR count). The first-order chi connectivity index (χ1) is 18.1. The van der Waals surface area contributed by atoms with Crippen molar-refractivity contribution in [3.8, 4) is 5.75 Å². The van der Waals surface area contributed by atoms with Gasteiger partial charge in [0, 0.05) is 25.1 Å². The van der Waals surface area contributed by atoms with Gasteiger partial charge in [0.15, 0.2) is 6.10 Å². The maximum Gasteiger partial charge on any atom is 0.339 e. The first kappa shape index (κ1) is 23.2. The fraction of sp³-hybridized carbons (Fsp3) is 0.276. The summed E-state index contributed by atoms with van der Waals surface area (Å²) in [7, 11) is 0. The Kier molecular flexibility index (Phi) is 6.10. The number of benzene rings is 3. The molecular formula is C29H26N2O6. The summed E-state index contributed by atoms with van der Waals surface area (Å²) >= 11 is 0. The molecule has 3 aromatic rings. The van der Waals surface area contributed by atoms with E-state index in [4.69, 9.17) is 14.2 Å². The zero-order valence-electron chi connectivity index (χ0n) is 20.2. The van der Waals surface area contributed by atoms with Crippen molar-refractivity contribution in [3.05, 3.63) is 95.1 Å². The van der Waals surface area contributed by atoms with Crippen LogP contribution in [0.5, 0.6) is 5.75 Å². The maximum atomic E-state index is 13.8. The second-order valence-corrected chi connectivity index (χ2v) is 9.31. The highest BCUT2D eigenvalue weighted by Gasteiger charge is 2.37. The van der Waals surface area contributed by atoms with E-state index >= 15 is 0 Å². The molecule has 0 saturated carbocycles. The molecule has 0 radical (unpaired) electrons. The zero-order chi connectivity index (χ0) is 25.4. The molecular weight excluding hydrogens is 472 g/mol. The highest BCUT2D eigenvalue weighted by atomic mass is 16.5. The molecule has 0 aromatic heterocycles. The molecule has 0 bridgehead atoms. The Morgan fingerprint density at radius 1 is 0.865 bits per heavy atom. The van der Waals surface area contributed by atoms with Gasteiger partial charge in [-0.3, -0.25) is 9.59 Å². The van der Waals surface area contributed by atoms with Crippen molar-refractivity contribution >= 4 is 23.5 Å². The molecule has 2 atom stereocenters. The Balaban J connectivity index is 1.29. The van der Waals surface area contributed by atoms with Crippen molar-refractivity contribution in [1.29, 1.82) is 0 Å². The van der Waals surface area contributed by atoms with Gasteiger partial charge < -0.3 is 24.0 Å². The zero-order valence-corrected chi connectivity index (χ0v) is 20.2. The smallest absolute Gasteiger partial charge is 0.339 e. The largest absolute Gasteiger partial charge is 0.476 e. The quantitative estimate of drug-likeness (QED) is 0.515. The molecule has 3 aliphatic heterocycles. The lowest BCUT2D eigenvalue weighted by atomic mass is 9.93. The van der Waals surface area contributed by atoms with Crippen molar-refractivity contribution < 1.29 is 28.6 Å². The molecule has 2 amide bonds. The SMILES string of the molecule is O=C1O[C@@H](c2ccccc2)Cc2cc(C(=O)N3C[C@@H](C(=O)N4CCOCC4)Oc4ccccc43)ccc21. The summed E-state index contributed by atoms with van der Waals surface area (Å²) in [6.07, 6.45) is -0.748. The average molecular weight is 499 g/mol. The number of para-hydroxylation sites is 2. The Hall–Kier alpha value is -4.17. The van der Waals surface area contributed by atoms with Crippen LogP contribution in [0.2, 0.25) is 0 Å². The van der Waals surface area contributed by atoms with Gasteiger partial charge in [0.2, 0.25) is 0 Å². The van der Waals surface area contributed by atoms with E-state index < -0.39 is 18.2 Å². The highest BCUT2D eigenvalue weighted by Crippen LogP contribution is 2.36. The van der Waals surface area contributed by atoms with Crippen molar-refractivity contribution in [2.24, 2.45) is 0 Å². The molecule has 1 saturated heterocycles. The fourth-order valence-corrected chi connectivity index (χ4v) is 5.08. The van der Waals surface area contributed by atoms with Gasteiger partial charge in [-0.15, -0.1) is 0 Å². The van der Waals surface area contributed by atoms with E-state index in [9.17, 15) is 14.4 Å². The van der Waals surface area contributed by atoms with Crippen LogP contribution in [0.15, 0.2) is 72.8 Å². The van der Waals surface area contributed by atoms with E-state index in [1.807, 2.05) is 48.5 Å². The maximum absolute atomic E-state index is 13.8. The first-order valence-corrected chi connectivity index (χ1v) is 12.4. The highest BCUT2D eigenvalue weighted by molar-refractivity contribution is 6.08. The van der Waals surface area contributed by atoms with Crippen LogP contribution in [0.25, 0.3) is 0 Å². The van der Waals surface area contributed by atoms with Crippen molar-refractivity contribution in [2.75, 3.05) is 37.7 Å². The minimum absolute atomic E-state index is 0.0950. The van der Waals surface area contributed by atoms with Crippen LogP contribution >= 0.6 is 0 Å². The number of amides is 2. The van der Waals surface area contributed by atoms with Crippen molar-refractivity contribution in [1.82, 2.24) is 4.90 Å². The van der Waals surface area contributed by atoms with Crippen LogP contribution in [0.1, 0.15) is 37.9 Å². The number of hydrogen-bond donors (Lipinski definition) is 0. The van der Waals surface area contributed by atoms with Gasteiger partial charge >= 0.3 is 5.97 Å². The number of carbonyl (C=O) groups excluding carboxylic acids is 3. The second kappa shape index (κ2) is 9.71. The van der Waals surface area contributed by atoms with Crippen LogP contribution in [-0.2, 0) is 20.7 Å². The van der Waals surface area contributed by atoms with E-state index in [-0.39, 0.29) is 18.4 Å². The summed E-state index contributed by atoms with van der Waals surface area (Å²) in [5, 5.41) is 0. The van der Waals surface area contributed by atoms with Crippen molar-refractivity contribution in [2.45, 2.75) is 18.6 Å². The Morgan fingerprint density at radius 3 is 2.43 bits per heavy atom. The molecule has 37 heavy (non-hydrogen) atoms.